The molecule has 0 aliphatic carbocycles. The largest absolute Gasteiger partial charge is 0.294 e. The first-order valence-corrected chi connectivity index (χ1v) is 8.00. The predicted molar refractivity (Wildman–Crippen MR) is 81.3 cm³/mol. The third-order valence-corrected chi connectivity index (χ3v) is 4.67. The molecule has 0 saturated carbocycles. The van der Waals surface area contributed by atoms with E-state index in [1.54, 1.807) is 11.8 Å². The van der Waals surface area contributed by atoms with Crippen molar-refractivity contribution in [2.75, 3.05) is 0 Å². The van der Waals surface area contributed by atoms with E-state index in [1.165, 1.54) is 11.5 Å². The third kappa shape index (κ3) is 4.03. The highest BCUT2D eigenvalue weighted by Crippen LogP contribution is 2.26. The maximum absolute atomic E-state index is 11.4. The minimum absolute atomic E-state index is 0.188. The summed E-state index contributed by atoms with van der Waals surface area (Å²) in [6.45, 7) is 2.04. The quantitative estimate of drug-likeness (QED) is 0.369. The number of carbonyl (C=O) groups is 1. The molecule has 1 aromatic carbocycles. The first-order chi connectivity index (χ1) is 9.72. The molecule has 1 amide bonds. The molecule has 0 unspecified atom stereocenters. The second kappa shape index (κ2) is 7.37. The summed E-state index contributed by atoms with van der Waals surface area (Å²) < 4.78 is 5.22. The van der Waals surface area contributed by atoms with Crippen molar-refractivity contribution >= 4 is 29.2 Å². The fourth-order valence-corrected chi connectivity index (χ4v) is 3.40. The molecule has 0 spiro atoms. The van der Waals surface area contributed by atoms with Crippen LogP contribution in [0.4, 0.5) is 0 Å². The molecule has 0 bridgehead atoms. The molecule has 1 aromatic heterocycles. The van der Waals surface area contributed by atoms with Crippen LogP contribution in [0, 0.1) is 0 Å². The van der Waals surface area contributed by atoms with Crippen LogP contribution in [0.2, 0.25) is 0 Å². The standard InChI is InChI=1S/C13H16N4OS2/c1-2-11-15-13(20-17-11)19-8-10-6-4-3-5-9(10)7-12(18)16-14/h3-6H,2,7-8,14H2,1H3,(H,16,18). The van der Waals surface area contributed by atoms with E-state index >= 15 is 0 Å². The number of hydrogen-bond donors (Lipinski definition) is 2. The fourth-order valence-electron chi connectivity index (χ4n) is 1.67. The van der Waals surface area contributed by atoms with Crippen LogP contribution in [0.25, 0.3) is 0 Å². The molecule has 0 atom stereocenters. The molecular formula is C13H16N4OS2. The van der Waals surface area contributed by atoms with E-state index in [2.05, 4.69) is 14.8 Å². The average molecular weight is 308 g/mol. The summed E-state index contributed by atoms with van der Waals surface area (Å²) in [5, 5.41) is 0. The number of amides is 1. The monoisotopic (exact) mass is 308 g/mol. The maximum Gasteiger partial charge on any atom is 0.238 e. The Labute approximate surface area is 126 Å². The molecule has 1 heterocycles. The second-order valence-corrected chi connectivity index (χ2v) is 6.11. The normalized spacial score (nSPS) is 10.5. The van der Waals surface area contributed by atoms with Gasteiger partial charge in [-0.1, -0.05) is 43.0 Å². The lowest BCUT2D eigenvalue weighted by molar-refractivity contribution is -0.120. The summed E-state index contributed by atoms with van der Waals surface area (Å²) in [7, 11) is 0. The Kier molecular flexibility index (Phi) is 5.51. The van der Waals surface area contributed by atoms with Crippen molar-refractivity contribution < 1.29 is 4.79 Å². The topological polar surface area (TPSA) is 80.9 Å². The maximum atomic E-state index is 11.4. The average Bonchev–Trinajstić information content (AvgIpc) is 2.94. The van der Waals surface area contributed by atoms with Crippen LogP contribution >= 0.6 is 23.3 Å². The molecule has 2 aromatic rings. The summed E-state index contributed by atoms with van der Waals surface area (Å²) in [5.41, 5.74) is 4.27. The van der Waals surface area contributed by atoms with Crippen molar-refractivity contribution in [1.29, 1.82) is 0 Å². The van der Waals surface area contributed by atoms with Crippen molar-refractivity contribution in [3.05, 3.63) is 41.2 Å². The summed E-state index contributed by atoms with van der Waals surface area (Å²) in [6.07, 6.45) is 1.15. The highest BCUT2D eigenvalue weighted by molar-refractivity contribution is 8.00. The van der Waals surface area contributed by atoms with Crippen molar-refractivity contribution in [1.82, 2.24) is 14.8 Å². The number of aryl methyl sites for hydroxylation is 1. The Balaban J connectivity index is 2.03. The number of nitrogens with two attached hydrogens (primary N) is 1. The van der Waals surface area contributed by atoms with E-state index < -0.39 is 0 Å². The van der Waals surface area contributed by atoms with Crippen molar-refractivity contribution in [2.24, 2.45) is 5.84 Å². The first kappa shape index (κ1) is 15.0. The van der Waals surface area contributed by atoms with Gasteiger partial charge in [0.15, 0.2) is 4.34 Å². The van der Waals surface area contributed by atoms with Gasteiger partial charge in [-0.2, -0.15) is 4.37 Å². The van der Waals surface area contributed by atoms with E-state index in [9.17, 15) is 4.79 Å². The van der Waals surface area contributed by atoms with E-state index in [4.69, 9.17) is 5.84 Å². The molecule has 106 valence electrons. The molecule has 0 saturated heterocycles. The van der Waals surface area contributed by atoms with Gasteiger partial charge in [-0.3, -0.25) is 10.2 Å². The van der Waals surface area contributed by atoms with Crippen LogP contribution in [-0.4, -0.2) is 15.3 Å². The number of hydrogen-bond acceptors (Lipinski definition) is 6. The molecule has 0 aliphatic rings. The highest BCUT2D eigenvalue weighted by Gasteiger charge is 2.09. The van der Waals surface area contributed by atoms with Crippen LogP contribution in [0.5, 0.6) is 0 Å². The first-order valence-electron chi connectivity index (χ1n) is 6.24. The SMILES string of the molecule is CCc1nsc(SCc2ccccc2CC(=O)NN)n1. The molecule has 0 radical (unpaired) electrons. The highest BCUT2D eigenvalue weighted by atomic mass is 32.2. The Morgan fingerprint density at radius 1 is 1.40 bits per heavy atom. The number of nitrogens with zero attached hydrogens (tertiary/aromatic N) is 2. The number of aromatic nitrogens is 2. The Morgan fingerprint density at radius 3 is 2.80 bits per heavy atom. The van der Waals surface area contributed by atoms with Crippen molar-refractivity contribution in [3.63, 3.8) is 0 Å². The van der Waals surface area contributed by atoms with Gasteiger partial charge < -0.3 is 0 Å². The molecule has 0 aliphatic heterocycles. The Morgan fingerprint density at radius 2 is 2.15 bits per heavy atom. The van der Waals surface area contributed by atoms with Gasteiger partial charge in [0.1, 0.15) is 5.82 Å². The second-order valence-electron chi connectivity index (χ2n) is 4.13. The van der Waals surface area contributed by atoms with Gasteiger partial charge in [-0.15, -0.1) is 0 Å². The summed E-state index contributed by atoms with van der Waals surface area (Å²) in [4.78, 5) is 15.8. The van der Waals surface area contributed by atoms with Crippen molar-refractivity contribution in [3.8, 4) is 0 Å². The number of carbonyl (C=O) groups excluding carboxylic acids is 1. The zero-order chi connectivity index (χ0) is 14.4. The van der Waals surface area contributed by atoms with Gasteiger partial charge in [-0.05, 0) is 22.7 Å². The number of benzene rings is 1. The zero-order valence-corrected chi connectivity index (χ0v) is 12.8. The minimum Gasteiger partial charge on any atom is -0.294 e. The van der Waals surface area contributed by atoms with E-state index in [-0.39, 0.29) is 5.91 Å². The van der Waals surface area contributed by atoms with Crippen LogP contribution < -0.4 is 11.3 Å². The smallest absolute Gasteiger partial charge is 0.238 e. The minimum atomic E-state index is -0.188. The van der Waals surface area contributed by atoms with Gasteiger partial charge in [0.25, 0.3) is 0 Å². The molecular weight excluding hydrogens is 292 g/mol. The fraction of sp³-hybridized carbons (Fsp3) is 0.308. The molecule has 5 nitrogen and oxygen atoms in total. The van der Waals surface area contributed by atoms with Crippen LogP contribution in [0.15, 0.2) is 28.6 Å². The molecule has 20 heavy (non-hydrogen) atoms. The Bertz CT molecular complexity index is 585. The van der Waals surface area contributed by atoms with Gasteiger partial charge in [0, 0.05) is 12.2 Å². The van der Waals surface area contributed by atoms with E-state index in [0.717, 1.165) is 33.5 Å². The number of nitrogens with one attached hydrogen (secondary N) is 1. The predicted octanol–water partition coefficient (Wildman–Crippen LogP) is 1.93. The molecule has 3 N–H and O–H groups in total. The van der Waals surface area contributed by atoms with E-state index in [0.29, 0.717) is 6.42 Å². The summed E-state index contributed by atoms with van der Waals surface area (Å²) >= 11 is 3.06. The van der Waals surface area contributed by atoms with Gasteiger partial charge in [-0.25, -0.2) is 10.8 Å². The molecule has 7 heteroatoms. The Hall–Kier alpha value is -1.44. The molecule has 2 rings (SSSR count). The van der Waals surface area contributed by atoms with Gasteiger partial charge >= 0.3 is 0 Å². The van der Waals surface area contributed by atoms with Gasteiger partial charge in [0.05, 0.1) is 6.42 Å². The number of thioether (sulfide) groups is 1. The van der Waals surface area contributed by atoms with Crippen molar-refractivity contribution in [2.45, 2.75) is 29.9 Å². The number of hydrazine groups is 1. The lowest BCUT2D eigenvalue weighted by atomic mass is 10.1. The lowest BCUT2D eigenvalue weighted by Gasteiger charge is -2.07. The van der Waals surface area contributed by atoms with Crippen LogP contribution in [0.1, 0.15) is 23.9 Å². The summed E-state index contributed by atoms with van der Waals surface area (Å²) in [6, 6.07) is 7.86. The van der Waals surface area contributed by atoms with Gasteiger partial charge in [0.2, 0.25) is 5.91 Å². The summed E-state index contributed by atoms with van der Waals surface area (Å²) in [5.74, 6) is 6.60. The van der Waals surface area contributed by atoms with Crippen LogP contribution in [-0.2, 0) is 23.4 Å². The molecule has 0 fully saturated rings. The lowest BCUT2D eigenvalue weighted by Crippen LogP contribution is -2.31. The zero-order valence-electron chi connectivity index (χ0n) is 11.1. The third-order valence-electron chi connectivity index (χ3n) is 2.75. The number of rotatable bonds is 6. The van der Waals surface area contributed by atoms with Crippen LogP contribution in [0.3, 0.4) is 0 Å². The van der Waals surface area contributed by atoms with E-state index in [1.807, 2.05) is 31.2 Å².